The minimum absolute atomic E-state index is 0.431. The number of hydrogen-bond donors (Lipinski definition) is 2. The third-order valence-corrected chi connectivity index (χ3v) is 4.03. The number of nitrogens with one attached hydrogen (secondary N) is 1. The Balaban J connectivity index is 2.13. The Kier molecular flexibility index (Phi) is 4.33. The Bertz CT molecular complexity index is 546. The van der Waals surface area contributed by atoms with Crippen molar-refractivity contribution in [3.63, 3.8) is 0 Å². The molecule has 2 aromatic rings. The molecule has 1 aromatic heterocycles. The van der Waals surface area contributed by atoms with Crippen molar-refractivity contribution in [1.29, 1.82) is 0 Å². The predicted octanol–water partition coefficient (Wildman–Crippen LogP) is 3.56. The Morgan fingerprint density at radius 2 is 2.11 bits per heavy atom. The molecule has 0 saturated carbocycles. The number of anilines is 1. The second-order valence-electron chi connectivity index (χ2n) is 3.99. The van der Waals surface area contributed by atoms with Crippen molar-refractivity contribution in [1.82, 2.24) is 0 Å². The van der Waals surface area contributed by atoms with Gasteiger partial charge in [-0.1, -0.05) is 31.3 Å². The molecule has 0 radical (unpaired) electrons. The Morgan fingerprint density at radius 1 is 1.33 bits per heavy atom. The van der Waals surface area contributed by atoms with E-state index in [0.717, 1.165) is 24.2 Å². The summed E-state index contributed by atoms with van der Waals surface area (Å²) in [6.07, 6.45) is 1.07. The number of nitrogens with two attached hydrogens (primary N) is 1. The first-order chi connectivity index (χ1) is 8.72. The van der Waals surface area contributed by atoms with Crippen LogP contribution in [-0.2, 0) is 13.0 Å². The first-order valence-corrected chi connectivity index (χ1v) is 7.19. The standard InChI is InChI=1S/C14H16N2S2/c1-2-10-7-8-18-13(10)9-16-12-6-4-3-5-11(12)14(15)17/h3-8,16H,2,9H2,1H3,(H2,15,17). The monoisotopic (exact) mass is 276 g/mol. The van der Waals surface area contributed by atoms with Gasteiger partial charge in [-0.05, 0) is 35.6 Å². The van der Waals surface area contributed by atoms with E-state index < -0.39 is 0 Å². The predicted molar refractivity (Wildman–Crippen MR) is 83.4 cm³/mol. The van der Waals surface area contributed by atoms with Crippen molar-refractivity contribution in [2.75, 3.05) is 5.32 Å². The molecule has 0 saturated heterocycles. The zero-order chi connectivity index (χ0) is 13.0. The number of rotatable bonds is 5. The van der Waals surface area contributed by atoms with Gasteiger partial charge in [0.25, 0.3) is 0 Å². The molecule has 0 aliphatic carbocycles. The Morgan fingerprint density at radius 3 is 2.83 bits per heavy atom. The van der Waals surface area contributed by atoms with Gasteiger partial charge in [-0.25, -0.2) is 0 Å². The molecule has 18 heavy (non-hydrogen) atoms. The van der Waals surface area contributed by atoms with Crippen molar-refractivity contribution in [3.8, 4) is 0 Å². The fourth-order valence-electron chi connectivity index (χ4n) is 1.86. The fraction of sp³-hybridized carbons (Fsp3) is 0.214. The Labute approximate surface area is 117 Å². The van der Waals surface area contributed by atoms with Crippen molar-refractivity contribution < 1.29 is 0 Å². The molecule has 0 atom stereocenters. The van der Waals surface area contributed by atoms with Crippen molar-refractivity contribution in [3.05, 3.63) is 51.7 Å². The molecule has 0 amide bonds. The van der Waals surface area contributed by atoms with Gasteiger partial charge in [0.1, 0.15) is 4.99 Å². The number of thiophene rings is 1. The van der Waals surface area contributed by atoms with E-state index in [1.807, 2.05) is 24.3 Å². The number of hydrogen-bond acceptors (Lipinski definition) is 3. The van der Waals surface area contributed by atoms with E-state index in [9.17, 15) is 0 Å². The summed E-state index contributed by atoms with van der Waals surface area (Å²) in [4.78, 5) is 1.80. The quantitative estimate of drug-likeness (QED) is 0.820. The summed E-state index contributed by atoms with van der Waals surface area (Å²) in [5.41, 5.74) is 9.02. The molecule has 0 unspecified atom stereocenters. The highest BCUT2D eigenvalue weighted by atomic mass is 32.1. The molecule has 2 nitrogen and oxygen atoms in total. The fourth-order valence-corrected chi connectivity index (χ4v) is 2.96. The largest absolute Gasteiger partial charge is 0.389 e. The van der Waals surface area contributed by atoms with E-state index in [1.54, 1.807) is 11.3 Å². The lowest BCUT2D eigenvalue weighted by atomic mass is 10.1. The minimum atomic E-state index is 0.431. The van der Waals surface area contributed by atoms with E-state index in [4.69, 9.17) is 18.0 Å². The summed E-state index contributed by atoms with van der Waals surface area (Å²) >= 11 is 6.83. The van der Waals surface area contributed by atoms with Gasteiger partial charge in [-0.3, -0.25) is 0 Å². The highest BCUT2D eigenvalue weighted by Gasteiger charge is 2.06. The summed E-state index contributed by atoms with van der Waals surface area (Å²) in [5, 5.41) is 5.55. The molecule has 0 spiro atoms. The third kappa shape index (κ3) is 2.89. The van der Waals surface area contributed by atoms with Crippen molar-refractivity contribution >= 4 is 34.2 Å². The first-order valence-electron chi connectivity index (χ1n) is 5.90. The lowest BCUT2D eigenvalue weighted by Crippen LogP contribution is -2.13. The van der Waals surface area contributed by atoms with E-state index in [1.165, 1.54) is 10.4 Å². The van der Waals surface area contributed by atoms with Gasteiger partial charge in [0, 0.05) is 22.7 Å². The summed E-state index contributed by atoms with van der Waals surface area (Å²) in [6, 6.07) is 10.1. The maximum atomic E-state index is 5.71. The molecule has 4 heteroatoms. The average molecular weight is 276 g/mol. The number of aryl methyl sites for hydroxylation is 1. The summed E-state index contributed by atoms with van der Waals surface area (Å²) in [6.45, 7) is 3.00. The lowest BCUT2D eigenvalue weighted by molar-refractivity contribution is 1.08. The van der Waals surface area contributed by atoms with Crippen molar-refractivity contribution in [2.24, 2.45) is 5.73 Å². The van der Waals surface area contributed by atoms with Crippen LogP contribution in [0.1, 0.15) is 22.9 Å². The molecular formula is C14H16N2S2. The maximum absolute atomic E-state index is 5.71. The second-order valence-corrected chi connectivity index (χ2v) is 5.43. The first kappa shape index (κ1) is 13.1. The van der Waals surface area contributed by atoms with Crippen LogP contribution in [0, 0.1) is 0 Å². The van der Waals surface area contributed by atoms with Crippen LogP contribution in [0.2, 0.25) is 0 Å². The SMILES string of the molecule is CCc1ccsc1CNc1ccccc1C(N)=S. The van der Waals surface area contributed by atoms with Crippen LogP contribution in [0.3, 0.4) is 0 Å². The van der Waals surface area contributed by atoms with Gasteiger partial charge in [0.15, 0.2) is 0 Å². The van der Waals surface area contributed by atoms with Crippen molar-refractivity contribution in [2.45, 2.75) is 19.9 Å². The van der Waals surface area contributed by atoms with E-state index in [2.05, 4.69) is 23.7 Å². The molecule has 0 fully saturated rings. The van der Waals surface area contributed by atoms with Gasteiger partial charge >= 0.3 is 0 Å². The average Bonchev–Trinajstić information content (AvgIpc) is 2.84. The van der Waals surface area contributed by atoms with Crippen LogP contribution in [0.25, 0.3) is 0 Å². The second kappa shape index (κ2) is 5.98. The number of thiocarbonyl (C=S) groups is 1. The van der Waals surface area contributed by atoms with Crippen LogP contribution in [0.15, 0.2) is 35.7 Å². The molecule has 1 aromatic carbocycles. The summed E-state index contributed by atoms with van der Waals surface area (Å²) in [5.74, 6) is 0. The molecular weight excluding hydrogens is 260 g/mol. The highest BCUT2D eigenvalue weighted by molar-refractivity contribution is 7.80. The molecule has 94 valence electrons. The van der Waals surface area contributed by atoms with Crippen LogP contribution < -0.4 is 11.1 Å². The molecule has 2 rings (SSSR count). The molecule has 0 aliphatic rings. The van der Waals surface area contributed by atoms with Gasteiger partial charge < -0.3 is 11.1 Å². The van der Waals surface area contributed by atoms with Crippen LogP contribution in [-0.4, -0.2) is 4.99 Å². The smallest absolute Gasteiger partial charge is 0.106 e. The van der Waals surface area contributed by atoms with E-state index in [-0.39, 0.29) is 0 Å². The Hall–Kier alpha value is -1.39. The molecule has 1 heterocycles. The van der Waals surface area contributed by atoms with Crippen LogP contribution in [0.5, 0.6) is 0 Å². The molecule has 0 aliphatic heterocycles. The molecule has 3 N–H and O–H groups in total. The molecule has 0 bridgehead atoms. The summed E-state index contributed by atoms with van der Waals surface area (Å²) < 4.78 is 0. The van der Waals surface area contributed by atoms with Gasteiger partial charge in [0.2, 0.25) is 0 Å². The maximum Gasteiger partial charge on any atom is 0.106 e. The highest BCUT2D eigenvalue weighted by Crippen LogP contribution is 2.21. The van der Waals surface area contributed by atoms with E-state index in [0.29, 0.717) is 4.99 Å². The zero-order valence-corrected chi connectivity index (χ0v) is 11.9. The summed E-state index contributed by atoms with van der Waals surface area (Å²) in [7, 11) is 0. The van der Waals surface area contributed by atoms with Gasteiger partial charge in [0.05, 0.1) is 0 Å². The van der Waals surface area contributed by atoms with Gasteiger partial charge in [-0.2, -0.15) is 0 Å². The topological polar surface area (TPSA) is 38.0 Å². The minimum Gasteiger partial charge on any atom is -0.389 e. The normalized spacial score (nSPS) is 10.3. The van der Waals surface area contributed by atoms with E-state index >= 15 is 0 Å². The lowest BCUT2D eigenvalue weighted by Gasteiger charge is -2.11. The number of benzene rings is 1. The van der Waals surface area contributed by atoms with Crippen LogP contribution in [0.4, 0.5) is 5.69 Å². The third-order valence-electron chi connectivity index (χ3n) is 2.85. The zero-order valence-electron chi connectivity index (χ0n) is 10.3. The van der Waals surface area contributed by atoms with Crippen LogP contribution >= 0.6 is 23.6 Å². The number of para-hydroxylation sites is 1. The van der Waals surface area contributed by atoms with Gasteiger partial charge in [-0.15, -0.1) is 11.3 Å².